The number of hydrogen-bond donors (Lipinski definition) is 1. The molecule has 4 rings (SSSR count). The molecule has 0 aliphatic carbocycles. The third-order valence-corrected chi connectivity index (χ3v) is 6.03. The molecule has 32 heavy (non-hydrogen) atoms. The molecule has 2 aromatic carbocycles. The van der Waals surface area contributed by atoms with Gasteiger partial charge in [-0.05, 0) is 60.6 Å². The molecule has 2 atom stereocenters. The Morgan fingerprint density at radius 2 is 1.66 bits per heavy atom. The van der Waals surface area contributed by atoms with Crippen molar-refractivity contribution < 1.29 is 4.79 Å². The smallest absolute Gasteiger partial charge is 0.253 e. The molecular formula is C27H28N4O. The van der Waals surface area contributed by atoms with Crippen molar-refractivity contribution in [1.29, 1.82) is 5.26 Å². The molecule has 0 radical (unpaired) electrons. The van der Waals surface area contributed by atoms with Crippen LogP contribution >= 0.6 is 0 Å². The number of hydrogen-bond acceptors (Lipinski definition) is 4. The van der Waals surface area contributed by atoms with E-state index in [-0.39, 0.29) is 5.91 Å². The van der Waals surface area contributed by atoms with Crippen molar-refractivity contribution in [2.24, 2.45) is 0 Å². The normalized spacial score (nSPS) is 17.6. The van der Waals surface area contributed by atoms with Crippen LogP contribution in [-0.2, 0) is 19.4 Å². The minimum atomic E-state index is -0.0409. The number of rotatable bonds is 7. The minimum Gasteiger partial charge on any atom is -0.337 e. The van der Waals surface area contributed by atoms with E-state index in [9.17, 15) is 4.79 Å². The number of nitriles is 1. The van der Waals surface area contributed by atoms with Gasteiger partial charge in [0, 0.05) is 43.6 Å². The summed E-state index contributed by atoms with van der Waals surface area (Å²) in [5, 5.41) is 12.8. The van der Waals surface area contributed by atoms with Crippen LogP contribution in [0.2, 0.25) is 0 Å². The van der Waals surface area contributed by atoms with Crippen LogP contribution in [0.25, 0.3) is 0 Å². The summed E-state index contributed by atoms with van der Waals surface area (Å²) in [7, 11) is 1.77. The van der Waals surface area contributed by atoms with Gasteiger partial charge in [-0.15, -0.1) is 0 Å². The fraction of sp³-hybridized carbons (Fsp3) is 0.296. The molecule has 0 saturated carbocycles. The highest BCUT2D eigenvalue weighted by Crippen LogP contribution is 2.20. The maximum absolute atomic E-state index is 12.8. The van der Waals surface area contributed by atoms with Crippen molar-refractivity contribution >= 4 is 5.91 Å². The Labute approximate surface area is 189 Å². The van der Waals surface area contributed by atoms with E-state index in [0.29, 0.717) is 29.8 Å². The summed E-state index contributed by atoms with van der Waals surface area (Å²) in [6, 6.07) is 23.4. The third-order valence-electron chi connectivity index (χ3n) is 6.03. The number of carbonyl (C=O) groups is 1. The average molecular weight is 425 g/mol. The summed E-state index contributed by atoms with van der Waals surface area (Å²) >= 11 is 0. The molecule has 0 unspecified atom stereocenters. The Morgan fingerprint density at radius 3 is 2.31 bits per heavy atom. The first-order chi connectivity index (χ1) is 15.6. The number of aromatic nitrogens is 1. The number of benzene rings is 2. The lowest BCUT2D eigenvalue weighted by Gasteiger charge is -2.18. The van der Waals surface area contributed by atoms with Gasteiger partial charge in [0.2, 0.25) is 0 Å². The molecule has 1 aliphatic heterocycles. The summed E-state index contributed by atoms with van der Waals surface area (Å²) in [5.41, 5.74) is 4.64. The number of amides is 1. The van der Waals surface area contributed by atoms with E-state index in [0.717, 1.165) is 18.4 Å². The van der Waals surface area contributed by atoms with E-state index >= 15 is 0 Å². The summed E-state index contributed by atoms with van der Waals surface area (Å²) in [6.07, 6.45) is 7.63. The van der Waals surface area contributed by atoms with Crippen molar-refractivity contribution in [3.63, 3.8) is 0 Å². The van der Waals surface area contributed by atoms with Gasteiger partial charge < -0.3 is 10.2 Å². The molecule has 1 aliphatic rings. The maximum Gasteiger partial charge on any atom is 0.253 e. The molecule has 1 aromatic heterocycles. The van der Waals surface area contributed by atoms with Crippen LogP contribution in [0.1, 0.15) is 45.5 Å². The second-order valence-electron chi connectivity index (χ2n) is 8.58. The molecule has 5 heteroatoms. The van der Waals surface area contributed by atoms with Crippen molar-refractivity contribution in [2.75, 3.05) is 7.05 Å². The quantitative estimate of drug-likeness (QED) is 0.619. The number of pyridine rings is 1. The average Bonchev–Trinajstić information content (AvgIpc) is 3.26. The first-order valence-corrected chi connectivity index (χ1v) is 11.1. The molecule has 1 fully saturated rings. The largest absolute Gasteiger partial charge is 0.337 e. The third kappa shape index (κ3) is 5.60. The lowest BCUT2D eigenvalue weighted by atomic mass is 10.0. The van der Waals surface area contributed by atoms with Crippen molar-refractivity contribution in [2.45, 2.75) is 44.3 Å². The lowest BCUT2D eigenvalue weighted by Crippen LogP contribution is -2.32. The number of nitrogens with one attached hydrogen (secondary N) is 1. The van der Waals surface area contributed by atoms with Crippen molar-refractivity contribution in [3.05, 3.63) is 101 Å². The predicted octanol–water partition coefficient (Wildman–Crippen LogP) is 4.13. The molecule has 1 N–H and O–H groups in total. The van der Waals surface area contributed by atoms with Crippen LogP contribution in [0, 0.1) is 11.3 Å². The molecule has 3 aromatic rings. The van der Waals surface area contributed by atoms with Crippen LogP contribution in [0.4, 0.5) is 0 Å². The molecule has 162 valence electrons. The molecule has 5 nitrogen and oxygen atoms in total. The van der Waals surface area contributed by atoms with E-state index < -0.39 is 0 Å². The zero-order valence-corrected chi connectivity index (χ0v) is 18.4. The second kappa shape index (κ2) is 10.2. The molecule has 0 bridgehead atoms. The van der Waals surface area contributed by atoms with Gasteiger partial charge >= 0.3 is 0 Å². The Balaban J connectivity index is 1.30. The molecule has 1 amide bonds. The summed E-state index contributed by atoms with van der Waals surface area (Å²) < 4.78 is 0. The highest BCUT2D eigenvalue weighted by atomic mass is 16.2. The SMILES string of the molecule is CN(Cc1cncc(C#N)c1)C(=O)c1ccc(C[C@@H]2CC[C@H](Cc3ccccc3)N2)cc1. The maximum atomic E-state index is 12.8. The number of nitrogens with zero attached hydrogens (tertiary/aromatic N) is 3. The van der Waals surface area contributed by atoms with Crippen LogP contribution in [-0.4, -0.2) is 34.9 Å². The topological polar surface area (TPSA) is 69.0 Å². The van der Waals surface area contributed by atoms with Gasteiger partial charge in [-0.1, -0.05) is 42.5 Å². The first kappa shape index (κ1) is 21.7. The van der Waals surface area contributed by atoms with Gasteiger partial charge in [0.25, 0.3) is 5.91 Å². The van der Waals surface area contributed by atoms with E-state index in [2.05, 4.69) is 58.8 Å². The van der Waals surface area contributed by atoms with Gasteiger partial charge in [-0.3, -0.25) is 9.78 Å². The molecule has 2 heterocycles. The minimum absolute atomic E-state index is 0.0409. The zero-order chi connectivity index (χ0) is 22.3. The summed E-state index contributed by atoms with van der Waals surface area (Å²) in [6.45, 7) is 0.415. The molecule has 1 saturated heterocycles. The zero-order valence-electron chi connectivity index (χ0n) is 18.4. The Morgan fingerprint density at radius 1 is 1.00 bits per heavy atom. The second-order valence-corrected chi connectivity index (χ2v) is 8.58. The molecule has 0 spiro atoms. The van der Waals surface area contributed by atoms with Crippen molar-refractivity contribution in [1.82, 2.24) is 15.2 Å². The van der Waals surface area contributed by atoms with Gasteiger partial charge in [-0.25, -0.2) is 0 Å². The van der Waals surface area contributed by atoms with Crippen LogP contribution in [0.3, 0.4) is 0 Å². The summed E-state index contributed by atoms with van der Waals surface area (Å²) in [5.74, 6) is -0.0409. The number of carbonyl (C=O) groups excluding carboxylic acids is 1. The van der Waals surface area contributed by atoms with Crippen LogP contribution in [0.15, 0.2) is 73.1 Å². The van der Waals surface area contributed by atoms with E-state index in [1.807, 2.05) is 12.1 Å². The van der Waals surface area contributed by atoms with Crippen LogP contribution < -0.4 is 5.32 Å². The monoisotopic (exact) mass is 424 g/mol. The van der Waals surface area contributed by atoms with Gasteiger partial charge in [0.1, 0.15) is 6.07 Å². The van der Waals surface area contributed by atoms with E-state index in [4.69, 9.17) is 5.26 Å². The fourth-order valence-electron chi connectivity index (χ4n) is 4.39. The predicted molar refractivity (Wildman–Crippen MR) is 125 cm³/mol. The standard InChI is InChI=1S/C27H28N4O/c1-31(19-23-13-22(16-28)17-29-18-23)27(32)24-9-7-21(8-10-24)15-26-12-11-25(30-26)14-20-5-3-2-4-6-20/h2-10,13,17-18,25-26,30H,11-12,14-15,19H2,1H3/t25-,26+/m1/s1. The van der Waals surface area contributed by atoms with E-state index in [1.54, 1.807) is 24.2 Å². The highest BCUT2D eigenvalue weighted by Gasteiger charge is 2.24. The van der Waals surface area contributed by atoms with E-state index in [1.165, 1.54) is 30.2 Å². The fourth-order valence-corrected chi connectivity index (χ4v) is 4.39. The lowest BCUT2D eigenvalue weighted by molar-refractivity contribution is 0.0785. The Kier molecular flexibility index (Phi) is 6.94. The Bertz CT molecular complexity index is 1090. The van der Waals surface area contributed by atoms with Crippen molar-refractivity contribution in [3.8, 4) is 6.07 Å². The van der Waals surface area contributed by atoms with Gasteiger partial charge in [0.15, 0.2) is 0 Å². The first-order valence-electron chi connectivity index (χ1n) is 11.1. The van der Waals surface area contributed by atoms with Crippen LogP contribution in [0.5, 0.6) is 0 Å². The summed E-state index contributed by atoms with van der Waals surface area (Å²) in [4.78, 5) is 18.5. The molecular weight excluding hydrogens is 396 g/mol. The highest BCUT2D eigenvalue weighted by molar-refractivity contribution is 5.94. The van der Waals surface area contributed by atoms with Gasteiger partial charge in [-0.2, -0.15) is 5.26 Å². The Hall–Kier alpha value is -3.49. The van der Waals surface area contributed by atoms with Gasteiger partial charge in [0.05, 0.1) is 5.56 Å².